The Morgan fingerprint density at radius 3 is 2.89 bits per heavy atom. The van der Waals surface area contributed by atoms with Gasteiger partial charge in [-0.15, -0.1) is 0 Å². The van der Waals surface area contributed by atoms with Crippen molar-refractivity contribution in [2.24, 2.45) is 10.9 Å². The summed E-state index contributed by atoms with van der Waals surface area (Å²) in [4.78, 5) is 13.5. The van der Waals surface area contributed by atoms with E-state index in [0.29, 0.717) is 30.2 Å². The van der Waals surface area contributed by atoms with Gasteiger partial charge in [-0.2, -0.15) is 0 Å². The van der Waals surface area contributed by atoms with Gasteiger partial charge in [0.1, 0.15) is 5.84 Å². The van der Waals surface area contributed by atoms with Gasteiger partial charge in [0.25, 0.3) is 0 Å². The molecule has 1 aromatic carbocycles. The summed E-state index contributed by atoms with van der Waals surface area (Å²) in [7, 11) is 0. The number of rotatable bonds is 5. The lowest BCUT2D eigenvalue weighted by Gasteiger charge is -2.21. The number of nitrogens with one attached hydrogen (secondary N) is 1. The van der Waals surface area contributed by atoms with Crippen molar-refractivity contribution in [3.63, 3.8) is 0 Å². The number of nitrogens with zero attached hydrogens (tertiary/aromatic N) is 2. The number of amidine groups is 1. The van der Waals surface area contributed by atoms with Crippen molar-refractivity contribution in [3.8, 4) is 0 Å². The number of carbonyl (C=O) groups excluding carboxylic acids is 1. The number of hydrogen-bond donors (Lipinski definition) is 3. The third-order valence-electron chi connectivity index (χ3n) is 2.51. The lowest BCUT2D eigenvalue weighted by Crippen LogP contribution is -2.37. The van der Waals surface area contributed by atoms with E-state index in [9.17, 15) is 4.79 Å². The maximum Gasteiger partial charge on any atom is 0.321 e. The average molecular weight is 285 g/mol. The van der Waals surface area contributed by atoms with Crippen LogP contribution in [0.2, 0.25) is 5.02 Å². The number of amides is 2. The molecule has 0 spiro atoms. The number of benzene rings is 1. The SMILES string of the molecule is CCN(CCC(N)=NO)C(=O)Nc1cccc(Cl)c1. The molecule has 6 nitrogen and oxygen atoms in total. The monoisotopic (exact) mass is 284 g/mol. The van der Waals surface area contributed by atoms with Crippen LogP contribution in [0.25, 0.3) is 0 Å². The minimum absolute atomic E-state index is 0.0917. The molecule has 0 atom stereocenters. The molecule has 1 aromatic rings. The molecule has 2 amide bonds. The summed E-state index contributed by atoms with van der Waals surface area (Å²) >= 11 is 5.84. The van der Waals surface area contributed by atoms with Crippen LogP contribution in [-0.4, -0.2) is 35.1 Å². The highest BCUT2D eigenvalue weighted by Gasteiger charge is 2.12. The molecule has 0 aromatic heterocycles. The normalized spacial score (nSPS) is 11.2. The number of hydrogen-bond acceptors (Lipinski definition) is 3. The van der Waals surface area contributed by atoms with Gasteiger partial charge >= 0.3 is 6.03 Å². The summed E-state index contributed by atoms with van der Waals surface area (Å²) in [5, 5.41) is 14.6. The van der Waals surface area contributed by atoms with Crippen LogP contribution in [-0.2, 0) is 0 Å². The summed E-state index contributed by atoms with van der Waals surface area (Å²) in [6.45, 7) is 2.74. The number of carbonyl (C=O) groups is 1. The minimum atomic E-state index is -0.254. The van der Waals surface area contributed by atoms with Crippen LogP contribution in [0.15, 0.2) is 29.4 Å². The van der Waals surface area contributed by atoms with Gasteiger partial charge in [0, 0.05) is 30.2 Å². The van der Waals surface area contributed by atoms with E-state index in [0.717, 1.165) is 0 Å². The molecule has 0 aliphatic heterocycles. The fraction of sp³-hybridized carbons (Fsp3) is 0.333. The molecule has 0 fully saturated rings. The molecule has 0 aliphatic carbocycles. The molecule has 0 radical (unpaired) electrons. The van der Waals surface area contributed by atoms with Crippen LogP contribution in [0.4, 0.5) is 10.5 Å². The van der Waals surface area contributed by atoms with Crippen molar-refractivity contribution in [1.82, 2.24) is 4.90 Å². The van der Waals surface area contributed by atoms with Crippen molar-refractivity contribution in [3.05, 3.63) is 29.3 Å². The Kier molecular flexibility index (Phi) is 5.95. The molecule has 0 saturated carbocycles. The molecule has 0 heterocycles. The molecule has 4 N–H and O–H groups in total. The lowest BCUT2D eigenvalue weighted by atomic mass is 10.3. The van der Waals surface area contributed by atoms with E-state index in [1.807, 2.05) is 6.92 Å². The Bertz CT molecular complexity index is 465. The molecule has 0 aliphatic rings. The second kappa shape index (κ2) is 7.48. The van der Waals surface area contributed by atoms with Crippen molar-refractivity contribution in [2.45, 2.75) is 13.3 Å². The molecule has 19 heavy (non-hydrogen) atoms. The van der Waals surface area contributed by atoms with Crippen LogP contribution in [0.3, 0.4) is 0 Å². The minimum Gasteiger partial charge on any atom is -0.409 e. The van der Waals surface area contributed by atoms with Gasteiger partial charge in [0.15, 0.2) is 0 Å². The number of halogens is 1. The number of oxime groups is 1. The first kappa shape index (κ1) is 15.1. The molecule has 104 valence electrons. The predicted molar refractivity (Wildman–Crippen MR) is 75.7 cm³/mol. The topological polar surface area (TPSA) is 90.9 Å². The molecular formula is C12H17ClN4O2. The first-order chi connectivity index (χ1) is 9.06. The van der Waals surface area contributed by atoms with Crippen molar-refractivity contribution >= 4 is 29.2 Å². The first-order valence-corrected chi connectivity index (χ1v) is 6.22. The summed E-state index contributed by atoms with van der Waals surface area (Å²) in [5.41, 5.74) is 6.00. The van der Waals surface area contributed by atoms with Gasteiger partial charge in [-0.25, -0.2) is 4.79 Å². The predicted octanol–water partition coefficient (Wildman–Crippen LogP) is 2.33. The zero-order valence-corrected chi connectivity index (χ0v) is 11.4. The third kappa shape index (κ3) is 5.05. The molecule has 0 unspecified atom stereocenters. The van der Waals surface area contributed by atoms with E-state index < -0.39 is 0 Å². The van der Waals surface area contributed by atoms with Gasteiger partial charge in [-0.1, -0.05) is 22.8 Å². The average Bonchev–Trinajstić information content (AvgIpc) is 2.39. The highest BCUT2D eigenvalue weighted by Crippen LogP contribution is 2.15. The van der Waals surface area contributed by atoms with E-state index in [-0.39, 0.29) is 11.9 Å². The van der Waals surface area contributed by atoms with Gasteiger partial charge in [-0.05, 0) is 25.1 Å². The summed E-state index contributed by atoms with van der Waals surface area (Å²) in [5.74, 6) is 0.0917. The number of nitrogens with two attached hydrogens (primary N) is 1. The number of urea groups is 1. The quantitative estimate of drug-likeness (QED) is 0.335. The van der Waals surface area contributed by atoms with E-state index >= 15 is 0 Å². The Morgan fingerprint density at radius 2 is 2.32 bits per heavy atom. The zero-order chi connectivity index (χ0) is 14.3. The molecule has 0 saturated heterocycles. The van der Waals surface area contributed by atoms with E-state index in [4.69, 9.17) is 22.5 Å². The van der Waals surface area contributed by atoms with Crippen molar-refractivity contribution < 1.29 is 10.0 Å². The van der Waals surface area contributed by atoms with Crippen LogP contribution < -0.4 is 11.1 Å². The van der Waals surface area contributed by atoms with E-state index in [1.54, 1.807) is 29.2 Å². The van der Waals surface area contributed by atoms with Gasteiger partial charge in [-0.3, -0.25) is 0 Å². The van der Waals surface area contributed by atoms with Gasteiger partial charge < -0.3 is 21.2 Å². The van der Waals surface area contributed by atoms with Crippen LogP contribution in [0, 0.1) is 0 Å². The lowest BCUT2D eigenvalue weighted by molar-refractivity contribution is 0.215. The van der Waals surface area contributed by atoms with Gasteiger partial charge in [0.05, 0.1) is 0 Å². The van der Waals surface area contributed by atoms with E-state index in [2.05, 4.69) is 10.5 Å². The standard InChI is InChI=1S/C12H17ClN4O2/c1-2-17(7-6-11(14)16-19)12(18)15-10-5-3-4-9(13)8-10/h3-5,8,19H,2,6-7H2,1H3,(H2,14,16)(H,15,18). The highest BCUT2D eigenvalue weighted by molar-refractivity contribution is 6.30. The largest absolute Gasteiger partial charge is 0.409 e. The summed E-state index contributed by atoms with van der Waals surface area (Å²) in [6.07, 6.45) is 0.313. The summed E-state index contributed by atoms with van der Waals surface area (Å²) < 4.78 is 0. The van der Waals surface area contributed by atoms with Crippen molar-refractivity contribution in [2.75, 3.05) is 18.4 Å². The summed E-state index contributed by atoms with van der Waals surface area (Å²) in [6, 6.07) is 6.64. The van der Waals surface area contributed by atoms with Crippen molar-refractivity contribution in [1.29, 1.82) is 0 Å². The Hall–Kier alpha value is -1.95. The van der Waals surface area contributed by atoms with Gasteiger partial charge in [0.2, 0.25) is 0 Å². The Labute approximate surface area is 116 Å². The maximum absolute atomic E-state index is 12.0. The maximum atomic E-state index is 12.0. The van der Waals surface area contributed by atoms with Crippen LogP contribution in [0.1, 0.15) is 13.3 Å². The smallest absolute Gasteiger partial charge is 0.321 e. The third-order valence-corrected chi connectivity index (χ3v) is 2.75. The second-order valence-corrected chi connectivity index (χ2v) is 4.30. The number of anilines is 1. The Balaban J connectivity index is 2.59. The molecule has 1 rings (SSSR count). The molecule has 7 heteroatoms. The molecular weight excluding hydrogens is 268 g/mol. The molecule has 0 bridgehead atoms. The zero-order valence-electron chi connectivity index (χ0n) is 10.6. The Morgan fingerprint density at radius 1 is 1.58 bits per heavy atom. The van der Waals surface area contributed by atoms with Crippen LogP contribution >= 0.6 is 11.6 Å². The van der Waals surface area contributed by atoms with E-state index in [1.165, 1.54) is 0 Å². The fourth-order valence-electron chi connectivity index (χ4n) is 1.47. The highest BCUT2D eigenvalue weighted by atomic mass is 35.5. The second-order valence-electron chi connectivity index (χ2n) is 3.86. The van der Waals surface area contributed by atoms with Crippen LogP contribution in [0.5, 0.6) is 0 Å². The fourth-order valence-corrected chi connectivity index (χ4v) is 1.66. The first-order valence-electron chi connectivity index (χ1n) is 5.84.